The van der Waals surface area contributed by atoms with Crippen LogP contribution in [0.5, 0.6) is 0 Å². The molecule has 0 unspecified atom stereocenters. The second-order valence-electron chi connectivity index (χ2n) is 2.60. The van der Waals surface area contributed by atoms with Crippen LogP contribution in [0.15, 0.2) is 17.6 Å². The molecule has 74 valence electrons. The summed E-state index contributed by atoms with van der Waals surface area (Å²) >= 11 is 0. The number of amides is 1. The highest BCUT2D eigenvalue weighted by molar-refractivity contribution is 5.92. The first-order valence-corrected chi connectivity index (χ1v) is 4.01. The molecule has 0 spiro atoms. The summed E-state index contributed by atoms with van der Waals surface area (Å²) in [5.41, 5.74) is 8.47. The maximum atomic E-state index is 11.4. The monoisotopic (exact) mass is 194 g/mol. The molecule has 7 heteroatoms. The van der Waals surface area contributed by atoms with Crippen molar-refractivity contribution in [2.24, 2.45) is 12.2 Å². The van der Waals surface area contributed by atoms with Crippen LogP contribution in [0, 0.1) is 0 Å². The number of hydrogen-bond acceptors (Lipinski definition) is 3. The van der Waals surface area contributed by atoms with Gasteiger partial charge >= 0.3 is 0 Å². The Kier molecular flexibility index (Phi) is 3.51. The van der Waals surface area contributed by atoms with E-state index in [1.807, 2.05) is 0 Å². The van der Waals surface area contributed by atoms with Gasteiger partial charge in [-0.05, 0) is 5.53 Å². The van der Waals surface area contributed by atoms with Gasteiger partial charge in [0.05, 0.1) is 12.5 Å². The summed E-state index contributed by atoms with van der Waals surface area (Å²) in [5.74, 6) is -0.224. The summed E-state index contributed by atoms with van der Waals surface area (Å²) in [4.78, 5) is 17.8. The van der Waals surface area contributed by atoms with Gasteiger partial charge in [0, 0.05) is 25.0 Å². The Labute approximate surface area is 80.4 Å². The number of carbonyl (C=O) groups is 1. The van der Waals surface area contributed by atoms with Crippen molar-refractivity contribution in [1.82, 2.24) is 14.9 Å². The lowest BCUT2D eigenvalue weighted by Gasteiger charge is -2.02. The van der Waals surface area contributed by atoms with Crippen LogP contribution in [0.3, 0.4) is 0 Å². The molecule has 0 saturated heterocycles. The molecule has 0 fully saturated rings. The van der Waals surface area contributed by atoms with E-state index in [2.05, 4.69) is 20.3 Å². The zero-order valence-electron chi connectivity index (χ0n) is 7.71. The number of azide groups is 1. The molecular formula is C7H10N6O. The highest BCUT2D eigenvalue weighted by Crippen LogP contribution is 1.94. The third kappa shape index (κ3) is 2.49. The topological polar surface area (TPSA) is 95.7 Å². The van der Waals surface area contributed by atoms with E-state index in [-0.39, 0.29) is 12.5 Å². The molecule has 0 radical (unpaired) electrons. The van der Waals surface area contributed by atoms with E-state index in [0.29, 0.717) is 12.2 Å². The number of nitrogens with zero attached hydrogens (tertiary/aromatic N) is 5. The first-order chi connectivity index (χ1) is 6.75. The minimum absolute atomic E-state index is 0.224. The third-order valence-electron chi connectivity index (χ3n) is 1.61. The molecule has 1 amide bonds. The van der Waals surface area contributed by atoms with Gasteiger partial charge in [0.1, 0.15) is 5.69 Å². The molecule has 1 heterocycles. The molecule has 14 heavy (non-hydrogen) atoms. The Balaban J connectivity index is 2.43. The number of imidazole rings is 1. The van der Waals surface area contributed by atoms with E-state index in [1.165, 1.54) is 6.20 Å². The van der Waals surface area contributed by atoms with Crippen LogP contribution in [0.1, 0.15) is 10.5 Å². The van der Waals surface area contributed by atoms with Crippen LogP contribution in [-0.2, 0) is 7.05 Å². The summed E-state index contributed by atoms with van der Waals surface area (Å²) in [6.45, 7) is 0.578. The Bertz CT molecular complexity index is 364. The van der Waals surface area contributed by atoms with Gasteiger partial charge < -0.3 is 9.88 Å². The molecule has 7 nitrogen and oxygen atoms in total. The molecule has 0 aromatic carbocycles. The summed E-state index contributed by atoms with van der Waals surface area (Å²) < 4.78 is 1.61. The highest BCUT2D eigenvalue weighted by atomic mass is 16.1. The highest BCUT2D eigenvalue weighted by Gasteiger charge is 2.07. The van der Waals surface area contributed by atoms with E-state index < -0.39 is 0 Å². The van der Waals surface area contributed by atoms with Crippen LogP contribution in [0.2, 0.25) is 0 Å². The van der Waals surface area contributed by atoms with Gasteiger partial charge in [-0.1, -0.05) is 5.11 Å². The number of carbonyl (C=O) groups excluding carboxylic acids is 1. The largest absolute Gasteiger partial charge is 0.351 e. The van der Waals surface area contributed by atoms with E-state index in [4.69, 9.17) is 5.53 Å². The van der Waals surface area contributed by atoms with Gasteiger partial charge in [-0.25, -0.2) is 4.98 Å². The molecule has 0 aliphatic carbocycles. The molecule has 0 bridgehead atoms. The van der Waals surface area contributed by atoms with Crippen LogP contribution in [-0.4, -0.2) is 28.5 Å². The fraction of sp³-hybridized carbons (Fsp3) is 0.429. The van der Waals surface area contributed by atoms with Gasteiger partial charge in [-0.2, -0.15) is 0 Å². The van der Waals surface area contributed by atoms with Crippen molar-refractivity contribution in [2.75, 3.05) is 13.1 Å². The molecule has 0 aliphatic rings. The first kappa shape index (κ1) is 10.1. The van der Waals surface area contributed by atoms with Gasteiger partial charge in [0.2, 0.25) is 0 Å². The Morgan fingerprint density at radius 1 is 1.86 bits per heavy atom. The molecule has 0 aliphatic heterocycles. The fourth-order valence-corrected chi connectivity index (χ4v) is 0.931. The van der Waals surface area contributed by atoms with Gasteiger partial charge in [-0.3, -0.25) is 4.79 Å². The minimum Gasteiger partial charge on any atom is -0.351 e. The maximum Gasteiger partial charge on any atom is 0.269 e. The second kappa shape index (κ2) is 4.88. The van der Waals surface area contributed by atoms with E-state index in [9.17, 15) is 4.79 Å². The quantitative estimate of drug-likeness (QED) is 0.326. The van der Waals surface area contributed by atoms with Crippen LogP contribution < -0.4 is 5.32 Å². The molecule has 1 aromatic rings. The van der Waals surface area contributed by atoms with E-state index in [0.717, 1.165) is 0 Å². The fourth-order valence-electron chi connectivity index (χ4n) is 0.931. The molecule has 1 rings (SSSR count). The minimum atomic E-state index is -0.224. The maximum absolute atomic E-state index is 11.4. The van der Waals surface area contributed by atoms with Crippen molar-refractivity contribution < 1.29 is 4.79 Å². The van der Waals surface area contributed by atoms with Crippen molar-refractivity contribution in [2.45, 2.75) is 0 Å². The molecule has 0 atom stereocenters. The Morgan fingerprint density at radius 2 is 2.64 bits per heavy atom. The van der Waals surface area contributed by atoms with Crippen molar-refractivity contribution in [3.63, 3.8) is 0 Å². The predicted molar refractivity (Wildman–Crippen MR) is 49.6 cm³/mol. The lowest BCUT2D eigenvalue weighted by Crippen LogP contribution is -2.27. The third-order valence-corrected chi connectivity index (χ3v) is 1.61. The number of rotatable bonds is 4. The Morgan fingerprint density at radius 3 is 3.21 bits per heavy atom. The van der Waals surface area contributed by atoms with Gasteiger partial charge in [0.15, 0.2) is 0 Å². The van der Waals surface area contributed by atoms with Crippen molar-refractivity contribution in [1.29, 1.82) is 0 Å². The predicted octanol–water partition coefficient (Wildman–Crippen LogP) is 0.460. The smallest absolute Gasteiger partial charge is 0.269 e. The zero-order chi connectivity index (χ0) is 10.4. The van der Waals surface area contributed by atoms with Crippen molar-refractivity contribution >= 4 is 5.91 Å². The number of hydrogen-bond donors (Lipinski definition) is 1. The standard InChI is InChI=1S/C7H10N6O/c1-13-5-9-4-6(13)7(14)10-2-3-11-12-8/h4-5H,2-3H2,1H3,(H,10,14). The number of aryl methyl sites for hydroxylation is 1. The zero-order valence-corrected chi connectivity index (χ0v) is 7.71. The molecule has 0 saturated carbocycles. The molecular weight excluding hydrogens is 184 g/mol. The normalized spacial score (nSPS) is 9.21. The van der Waals surface area contributed by atoms with Crippen LogP contribution in [0.25, 0.3) is 10.4 Å². The number of nitrogens with one attached hydrogen (secondary N) is 1. The van der Waals surface area contributed by atoms with E-state index >= 15 is 0 Å². The lowest BCUT2D eigenvalue weighted by atomic mass is 10.4. The first-order valence-electron chi connectivity index (χ1n) is 4.01. The second-order valence-corrected chi connectivity index (χ2v) is 2.60. The number of aromatic nitrogens is 2. The average Bonchev–Trinajstić information content (AvgIpc) is 2.59. The Hall–Kier alpha value is -2.01. The summed E-state index contributed by atoms with van der Waals surface area (Å²) in [6.07, 6.45) is 3.02. The molecule has 1 N–H and O–H groups in total. The van der Waals surface area contributed by atoms with Crippen molar-refractivity contribution in [3.8, 4) is 0 Å². The SMILES string of the molecule is Cn1cncc1C(=O)NCCN=[N+]=[N-]. The lowest BCUT2D eigenvalue weighted by molar-refractivity contribution is 0.0946. The van der Waals surface area contributed by atoms with Gasteiger partial charge in [0.25, 0.3) is 5.91 Å². The van der Waals surface area contributed by atoms with E-state index in [1.54, 1.807) is 17.9 Å². The summed E-state index contributed by atoms with van der Waals surface area (Å²) in [5, 5.41) is 5.89. The summed E-state index contributed by atoms with van der Waals surface area (Å²) in [6, 6.07) is 0. The average molecular weight is 194 g/mol. The van der Waals surface area contributed by atoms with Crippen molar-refractivity contribution in [3.05, 3.63) is 28.7 Å². The van der Waals surface area contributed by atoms with Gasteiger partial charge in [-0.15, -0.1) is 0 Å². The van der Waals surface area contributed by atoms with Crippen LogP contribution >= 0.6 is 0 Å². The molecule has 1 aromatic heterocycles. The van der Waals surface area contributed by atoms with Crippen LogP contribution in [0.4, 0.5) is 0 Å². The summed E-state index contributed by atoms with van der Waals surface area (Å²) in [7, 11) is 1.73.